The van der Waals surface area contributed by atoms with Crippen LogP contribution in [0.15, 0.2) is 39.5 Å². The molecule has 2 rings (SSSR count). The maximum atomic E-state index is 5.32. The number of hydrogen-bond acceptors (Lipinski definition) is 4. The molecule has 0 amide bonds. The van der Waals surface area contributed by atoms with Crippen molar-refractivity contribution in [2.75, 3.05) is 7.11 Å². The smallest absolute Gasteiger partial charge is 0.284 e. The minimum atomic E-state index is -0.315. The Morgan fingerprint density at radius 2 is 2.00 bits per heavy atom. The van der Waals surface area contributed by atoms with Crippen LogP contribution in [0.3, 0.4) is 0 Å². The fraction of sp³-hybridized carbons (Fsp3) is 0.200. The van der Waals surface area contributed by atoms with Crippen molar-refractivity contribution in [2.45, 2.75) is 6.10 Å². The van der Waals surface area contributed by atoms with Crippen molar-refractivity contribution in [3.05, 3.63) is 46.6 Å². The van der Waals surface area contributed by atoms with E-state index in [1.807, 2.05) is 30.3 Å². The second-order valence-corrected chi connectivity index (χ2v) is 3.60. The Bertz CT molecular complexity index is 430. The summed E-state index contributed by atoms with van der Waals surface area (Å²) in [4.78, 5) is 0.357. The normalized spacial score (nSPS) is 12.7. The van der Waals surface area contributed by atoms with Gasteiger partial charge in [0.15, 0.2) is 6.10 Å². The molecule has 5 heteroatoms. The number of aromatic nitrogens is 2. The van der Waals surface area contributed by atoms with Gasteiger partial charge in [0.1, 0.15) is 0 Å². The van der Waals surface area contributed by atoms with Crippen molar-refractivity contribution in [1.29, 1.82) is 0 Å². The molecule has 0 aliphatic carbocycles. The molecule has 1 atom stereocenters. The lowest BCUT2D eigenvalue weighted by atomic mass is 10.1. The minimum Gasteiger partial charge on any atom is -0.412 e. The highest BCUT2D eigenvalue weighted by Crippen LogP contribution is 2.24. The molecule has 0 aliphatic heterocycles. The lowest BCUT2D eigenvalue weighted by Gasteiger charge is -2.10. The molecule has 0 N–H and O–H groups in total. The number of methoxy groups -OCH3 is 1. The van der Waals surface area contributed by atoms with Crippen molar-refractivity contribution < 1.29 is 9.15 Å². The number of ether oxygens (including phenoxy) is 1. The summed E-state index contributed by atoms with van der Waals surface area (Å²) in [5, 5.41) is 7.61. The van der Waals surface area contributed by atoms with Crippen LogP contribution in [0.25, 0.3) is 0 Å². The maximum absolute atomic E-state index is 5.32. The zero-order chi connectivity index (χ0) is 10.7. The van der Waals surface area contributed by atoms with Crippen molar-refractivity contribution >= 4 is 15.9 Å². The van der Waals surface area contributed by atoms with E-state index in [-0.39, 0.29) is 6.10 Å². The van der Waals surface area contributed by atoms with Gasteiger partial charge in [0.25, 0.3) is 10.7 Å². The van der Waals surface area contributed by atoms with Gasteiger partial charge in [0.2, 0.25) is 0 Å². The van der Waals surface area contributed by atoms with Crippen LogP contribution >= 0.6 is 15.9 Å². The van der Waals surface area contributed by atoms with Gasteiger partial charge in [-0.1, -0.05) is 30.3 Å². The molecular weight excluding hydrogens is 260 g/mol. The van der Waals surface area contributed by atoms with Gasteiger partial charge in [0, 0.05) is 23.0 Å². The van der Waals surface area contributed by atoms with Crippen LogP contribution in [0.5, 0.6) is 0 Å². The van der Waals surface area contributed by atoms with Gasteiger partial charge in [-0.25, -0.2) is 0 Å². The van der Waals surface area contributed by atoms with Gasteiger partial charge >= 0.3 is 0 Å². The summed E-state index contributed by atoms with van der Waals surface area (Å²) in [6.07, 6.45) is -0.315. The average Bonchev–Trinajstić information content (AvgIpc) is 2.68. The fourth-order valence-electron chi connectivity index (χ4n) is 1.33. The zero-order valence-corrected chi connectivity index (χ0v) is 9.64. The van der Waals surface area contributed by atoms with Crippen LogP contribution in [0.4, 0.5) is 0 Å². The number of hydrogen-bond donors (Lipinski definition) is 0. The Morgan fingerprint density at radius 1 is 1.27 bits per heavy atom. The van der Waals surface area contributed by atoms with E-state index in [9.17, 15) is 0 Å². The maximum Gasteiger partial charge on any atom is 0.284 e. The Kier molecular flexibility index (Phi) is 3.13. The highest BCUT2D eigenvalue weighted by molar-refractivity contribution is 9.10. The van der Waals surface area contributed by atoms with E-state index in [0.717, 1.165) is 5.56 Å². The van der Waals surface area contributed by atoms with E-state index < -0.39 is 0 Å². The predicted molar refractivity (Wildman–Crippen MR) is 57.3 cm³/mol. The standard InChI is InChI=1S/C10H9BrN2O2/c1-14-8(7-5-3-2-4-6-7)9-12-13-10(11)15-9/h2-6,8H,1H3. The summed E-state index contributed by atoms with van der Waals surface area (Å²) in [5.41, 5.74) is 0.983. The summed E-state index contributed by atoms with van der Waals surface area (Å²) in [7, 11) is 1.61. The molecule has 0 saturated carbocycles. The van der Waals surface area contributed by atoms with Crippen molar-refractivity contribution in [1.82, 2.24) is 10.2 Å². The Hall–Kier alpha value is -1.20. The lowest BCUT2D eigenvalue weighted by molar-refractivity contribution is 0.110. The molecule has 1 aromatic carbocycles. The van der Waals surface area contributed by atoms with Gasteiger partial charge in [-0.05, 0) is 5.56 Å². The third kappa shape index (κ3) is 2.24. The van der Waals surface area contributed by atoms with Crippen molar-refractivity contribution in [3.63, 3.8) is 0 Å². The van der Waals surface area contributed by atoms with E-state index >= 15 is 0 Å². The highest BCUT2D eigenvalue weighted by Gasteiger charge is 2.19. The summed E-state index contributed by atoms with van der Waals surface area (Å²) >= 11 is 3.11. The van der Waals surface area contributed by atoms with Crippen LogP contribution < -0.4 is 0 Å². The molecule has 0 spiro atoms. The summed E-state index contributed by atoms with van der Waals surface area (Å²) in [5.74, 6) is 0.440. The molecule has 1 aromatic heterocycles. The topological polar surface area (TPSA) is 48.2 Å². The molecule has 78 valence electrons. The molecule has 0 radical (unpaired) electrons. The predicted octanol–water partition coefficient (Wildman–Crippen LogP) is 2.57. The molecule has 0 saturated heterocycles. The van der Waals surface area contributed by atoms with Crippen molar-refractivity contribution in [2.24, 2.45) is 0 Å². The summed E-state index contributed by atoms with van der Waals surface area (Å²) < 4.78 is 10.6. The Labute approximate surface area is 95.4 Å². The molecular formula is C10H9BrN2O2. The molecule has 15 heavy (non-hydrogen) atoms. The Morgan fingerprint density at radius 3 is 2.53 bits per heavy atom. The highest BCUT2D eigenvalue weighted by atomic mass is 79.9. The SMILES string of the molecule is COC(c1ccccc1)c1nnc(Br)o1. The van der Waals surface area contributed by atoms with Crippen molar-refractivity contribution in [3.8, 4) is 0 Å². The lowest BCUT2D eigenvalue weighted by Crippen LogP contribution is -2.03. The van der Waals surface area contributed by atoms with Gasteiger partial charge in [0.05, 0.1) is 0 Å². The Balaban J connectivity index is 2.33. The van der Waals surface area contributed by atoms with Gasteiger partial charge in [-0.3, -0.25) is 0 Å². The van der Waals surface area contributed by atoms with Crippen LogP contribution in [0.1, 0.15) is 17.6 Å². The fourth-order valence-corrected chi connectivity index (χ4v) is 1.57. The molecule has 1 heterocycles. The quantitative estimate of drug-likeness (QED) is 0.859. The molecule has 0 aliphatic rings. The first-order chi connectivity index (χ1) is 7.31. The second kappa shape index (κ2) is 4.55. The summed E-state index contributed by atoms with van der Waals surface area (Å²) in [6.45, 7) is 0. The van der Waals surface area contributed by atoms with Crippen LogP contribution in [0, 0.1) is 0 Å². The van der Waals surface area contributed by atoms with E-state index in [4.69, 9.17) is 9.15 Å². The van der Waals surface area contributed by atoms with Crippen LogP contribution in [-0.4, -0.2) is 17.3 Å². The first-order valence-electron chi connectivity index (χ1n) is 4.38. The van der Waals surface area contributed by atoms with E-state index in [1.54, 1.807) is 7.11 Å². The number of nitrogens with zero attached hydrogens (tertiary/aromatic N) is 2. The number of halogens is 1. The van der Waals surface area contributed by atoms with E-state index in [1.165, 1.54) is 0 Å². The minimum absolute atomic E-state index is 0.315. The third-order valence-electron chi connectivity index (χ3n) is 1.98. The first kappa shape index (κ1) is 10.3. The van der Waals surface area contributed by atoms with Gasteiger partial charge in [-0.2, -0.15) is 0 Å². The van der Waals surface area contributed by atoms with Crippen LogP contribution in [0.2, 0.25) is 0 Å². The summed E-state index contributed by atoms with van der Waals surface area (Å²) in [6, 6.07) is 9.72. The van der Waals surface area contributed by atoms with Gasteiger partial charge in [-0.15, -0.1) is 10.2 Å². The monoisotopic (exact) mass is 268 g/mol. The average molecular weight is 269 g/mol. The van der Waals surface area contributed by atoms with Gasteiger partial charge < -0.3 is 9.15 Å². The van der Waals surface area contributed by atoms with E-state index in [2.05, 4.69) is 26.1 Å². The molecule has 0 fully saturated rings. The van der Waals surface area contributed by atoms with E-state index in [0.29, 0.717) is 10.7 Å². The third-order valence-corrected chi connectivity index (χ3v) is 2.30. The number of benzene rings is 1. The molecule has 4 nitrogen and oxygen atoms in total. The molecule has 0 bridgehead atoms. The molecule has 1 unspecified atom stereocenters. The zero-order valence-electron chi connectivity index (χ0n) is 8.05. The van der Waals surface area contributed by atoms with Crippen LogP contribution in [-0.2, 0) is 4.74 Å². The number of rotatable bonds is 3. The second-order valence-electron chi connectivity index (χ2n) is 2.92. The first-order valence-corrected chi connectivity index (χ1v) is 5.17. The molecule has 2 aromatic rings. The largest absolute Gasteiger partial charge is 0.412 e.